The zero-order valence-electron chi connectivity index (χ0n) is 24.8. The zero-order chi connectivity index (χ0) is 33.1. The third kappa shape index (κ3) is 14.8. The number of hydrogen-bond acceptors (Lipinski definition) is 11. The van der Waals surface area contributed by atoms with Gasteiger partial charge >= 0.3 is 19.8 Å². The average molecular weight is 650 g/mol. The minimum Gasteiger partial charge on any atom is -0.480 e. The quantitative estimate of drug-likeness (QED) is 0.103. The molecule has 0 aliphatic carbocycles. The molecule has 0 bridgehead atoms. The third-order valence-electron chi connectivity index (χ3n) is 6.89. The largest absolute Gasteiger partial charge is 0.480 e. The number of carbonyl (C=O) groups excluding carboxylic acids is 3. The minimum absolute atomic E-state index is 0.0369. The highest BCUT2D eigenvalue weighted by Crippen LogP contribution is 2.44. The van der Waals surface area contributed by atoms with Gasteiger partial charge in [-0.1, -0.05) is 60.7 Å². The number of rotatable bonds is 25. The van der Waals surface area contributed by atoms with Crippen molar-refractivity contribution in [1.29, 1.82) is 0 Å². The van der Waals surface area contributed by atoms with Crippen LogP contribution in [-0.2, 0) is 37.6 Å². The van der Waals surface area contributed by atoms with Gasteiger partial charge in [0.1, 0.15) is 18.9 Å². The van der Waals surface area contributed by atoms with Gasteiger partial charge in [-0.2, -0.15) is 0 Å². The van der Waals surface area contributed by atoms with Crippen LogP contribution in [0.1, 0.15) is 23.5 Å². The van der Waals surface area contributed by atoms with Crippen LogP contribution in [0.3, 0.4) is 0 Å². The Balaban J connectivity index is 2.16. The van der Waals surface area contributed by atoms with Crippen LogP contribution >= 0.6 is 7.82 Å². The predicted octanol–water partition coefficient (Wildman–Crippen LogP) is 1.38. The van der Waals surface area contributed by atoms with Crippen LogP contribution in [0, 0.1) is 0 Å². The molecule has 2 aromatic rings. The fraction of sp³-hybridized carbons (Fsp3) is 0.433. The molecule has 0 aromatic heterocycles. The Morgan fingerprint density at radius 1 is 0.756 bits per heavy atom. The average Bonchev–Trinajstić information content (AvgIpc) is 3.00. The minimum atomic E-state index is -4.70. The number of phosphoric acid groups is 1. The lowest BCUT2D eigenvalue weighted by molar-refractivity contribution is -0.143. The number of phosphoric ester groups is 1. The van der Waals surface area contributed by atoms with Gasteiger partial charge in [-0.15, -0.1) is 0 Å². The molecule has 15 heteroatoms. The van der Waals surface area contributed by atoms with Crippen molar-refractivity contribution in [1.82, 2.24) is 14.7 Å². The lowest BCUT2D eigenvalue weighted by atomic mass is 9.89. The van der Waals surface area contributed by atoms with Gasteiger partial charge in [0.2, 0.25) is 0 Å². The van der Waals surface area contributed by atoms with Crippen LogP contribution in [0.4, 0.5) is 0 Å². The van der Waals surface area contributed by atoms with Crippen molar-refractivity contribution in [3.05, 3.63) is 71.8 Å². The van der Waals surface area contributed by atoms with Crippen LogP contribution < -0.4 is 0 Å². The second kappa shape index (κ2) is 20.4. The van der Waals surface area contributed by atoms with E-state index in [1.165, 1.54) is 9.80 Å². The van der Waals surface area contributed by atoms with E-state index >= 15 is 0 Å². The molecule has 0 spiro atoms. The zero-order valence-corrected chi connectivity index (χ0v) is 25.7. The third-order valence-corrected chi connectivity index (χ3v) is 7.87. The molecule has 2 rings (SSSR count). The predicted molar refractivity (Wildman–Crippen MR) is 163 cm³/mol. The summed E-state index contributed by atoms with van der Waals surface area (Å²) < 4.78 is 23.5. The van der Waals surface area contributed by atoms with Gasteiger partial charge in [-0.05, 0) is 17.5 Å². The Hall–Kier alpha value is -3.62. The number of aliphatic carboxylic acids is 2. The van der Waals surface area contributed by atoms with Crippen LogP contribution in [0.2, 0.25) is 0 Å². The maximum Gasteiger partial charge on any atom is 0.472 e. The molecule has 0 saturated carbocycles. The van der Waals surface area contributed by atoms with Gasteiger partial charge in [-0.25, -0.2) is 4.57 Å². The number of benzene rings is 2. The maximum absolute atomic E-state index is 12.9. The first-order valence-electron chi connectivity index (χ1n) is 14.2. The van der Waals surface area contributed by atoms with E-state index in [-0.39, 0.29) is 51.8 Å². The number of carbonyl (C=O) groups is 5. The van der Waals surface area contributed by atoms with Crippen molar-refractivity contribution in [2.75, 3.05) is 65.6 Å². The molecule has 246 valence electrons. The molecular formula is C30H40N3O11P. The van der Waals surface area contributed by atoms with E-state index in [4.69, 9.17) is 9.05 Å². The Kier molecular flexibility index (Phi) is 17.0. The highest BCUT2D eigenvalue weighted by Gasteiger charge is 2.30. The second-order valence-electron chi connectivity index (χ2n) is 10.1. The van der Waals surface area contributed by atoms with Crippen LogP contribution in [0.25, 0.3) is 0 Å². The second-order valence-corrected chi connectivity index (χ2v) is 11.6. The van der Waals surface area contributed by atoms with Crippen molar-refractivity contribution in [2.45, 2.75) is 18.4 Å². The van der Waals surface area contributed by atoms with Crippen LogP contribution in [0.15, 0.2) is 60.7 Å². The van der Waals surface area contributed by atoms with Crippen LogP contribution in [-0.4, -0.2) is 132 Å². The number of hydrogen-bond donors (Lipinski definition) is 3. The molecule has 0 aliphatic heterocycles. The topological polar surface area (TPSA) is 191 Å². The van der Waals surface area contributed by atoms with E-state index < -0.39 is 45.5 Å². The van der Waals surface area contributed by atoms with E-state index in [1.54, 1.807) is 0 Å². The molecule has 0 aliphatic rings. The number of aldehydes is 3. The molecule has 0 amide bonds. The molecular weight excluding hydrogens is 609 g/mol. The van der Waals surface area contributed by atoms with Crippen molar-refractivity contribution in [3.63, 3.8) is 0 Å². The molecule has 2 atom stereocenters. The summed E-state index contributed by atoms with van der Waals surface area (Å²) in [6.07, 6.45) is 2.15. The summed E-state index contributed by atoms with van der Waals surface area (Å²) in [5.74, 6) is -2.83. The lowest BCUT2D eigenvalue weighted by Gasteiger charge is -2.34. The first-order chi connectivity index (χ1) is 21.6. The highest BCUT2D eigenvalue weighted by molar-refractivity contribution is 7.47. The summed E-state index contributed by atoms with van der Waals surface area (Å²) in [5.41, 5.74) is 1.96. The molecule has 0 saturated heterocycles. The summed E-state index contributed by atoms with van der Waals surface area (Å²) in [6, 6.07) is 18.0. The lowest BCUT2D eigenvalue weighted by Crippen LogP contribution is -2.51. The van der Waals surface area contributed by atoms with Crippen molar-refractivity contribution in [2.24, 2.45) is 0 Å². The summed E-state index contributed by atoms with van der Waals surface area (Å²) in [5, 5.41) is 18.8. The van der Waals surface area contributed by atoms with Crippen molar-refractivity contribution in [3.8, 4) is 0 Å². The molecule has 0 heterocycles. The Labute approximate surface area is 261 Å². The summed E-state index contributed by atoms with van der Waals surface area (Å²) in [7, 11) is -4.70. The Morgan fingerprint density at radius 3 is 1.69 bits per heavy atom. The number of carboxylic acids is 2. The molecule has 0 fully saturated rings. The van der Waals surface area contributed by atoms with Crippen molar-refractivity contribution >= 4 is 38.6 Å². The summed E-state index contributed by atoms with van der Waals surface area (Å²) >= 11 is 0. The number of nitrogens with zero attached hydrogens (tertiary/aromatic N) is 3. The van der Waals surface area contributed by atoms with Gasteiger partial charge in [0, 0.05) is 31.6 Å². The fourth-order valence-corrected chi connectivity index (χ4v) is 5.52. The SMILES string of the molecule is O=CCN(CC=O)CCN(CC=O)CC(COP(=O)(O)OCCC(c1ccccc1)c1ccccc1)N(CC(=O)O)CC(=O)O. The maximum atomic E-state index is 12.9. The molecule has 14 nitrogen and oxygen atoms in total. The normalized spacial score (nSPS) is 13.5. The smallest absolute Gasteiger partial charge is 0.472 e. The van der Waals surface area contributed by atoms with Gasteiger partial charge < -0.3 is 29.5 Å². The van der Waals surface area contributed by atoms with Gasteiger partial charge in [0.05, 0.1) is 45.9 Å². The first-order valence-corrected chi connectivity index (χ1v) is 15.7. The summed E-state index contributed by atoms with van der Waals surface area (Å²) in [6.45, 7) is -2.28. The van der Waals surface area contributed by atoms with E-state index in [0.717, 1.165) is 16.0 Å². The Morgan fingerprint density at radius 2 is 1.22 bits per heavy atom. The van der Waals surface area contributed by atoms with E-state index in [9.17, 15) is 43.6 Å². The van der Waals surface area contributed by atoms with Crippen LogP contribution in [0.5, 0.6) is 0 Å². The van der Waals surface area contributed by atoms with Gasteiger partial charge in [0.15, 0.2) is 0 Å². The molecule has 45 heavy (non-hydrogen) atoms. The Bertz CT molecular complexity index is 1190. The standard InChI is InChI=1S/C30H40N3O11P/c34-17-14-31(15-18-35)12-13-32(16-19-36)21-27(33(22-29(37)38)23-30(39)40)24-44-45(41,42)43-20-11-28(25-7-3-1-4-8-25)26-9-5-2-6-10-26/h1-10,17-19,27-28H,11-16,20-24H2,(H,37,38)(H,39,40)(H,41,42). The molecule has 2 unspecified atom stereocenters. The van der Waals surface area contributed by atoms with E-state index in [0.29, 0.717) is 25.3 Å². The molecule has 0 radical (unpaired) electrons. The van der Waals surface area contributed by atoms with Crippen molar-refractivity contribution < 1.29 is 52.7 Å². The fourth-order valence-electron chi connectivity index (χ4n) is 4.75. The first kappa shape index (κ1) is 37.6. The van der Waals surface area contributed by atoms with E-state index in [2.05, 4.69) is 0 Å². The highest BCUT2D eigenvalue weighted by atomic mass is 31.2. The van der Waals surface area contributed by atoms with Gasteiger partial charge in [-0.3, -0.25) is 33.3 Å². The van der Waals surface area contributed by atoms with E-state index in [1.807, 2.05) is 60.7 Å². The molecule has 3 N–H and O–H groups in total. The molecule has 2 aromatic carbocycles. The summed E-state index contributed by atoms with van der Waals surface area (Å²) in [4.78, 5) is 71.0. The monoisotopic (exact) mass is 649 g/mol. The van der Waals surface area contributed by atoms with Gasteiger partial charge in [0.25, 0.3) is 0 Å². The number of carboxylic acid groups (broad SMARTS) is 2.